The Bertz CT molecular complexity index is 861. The summed E-state index contributed by atoms with van der Waals surface area (Å²) in [7, 11) is 0. The number of hydrogen-bond acceptors (Lipinski definition) is 4. The van der Waals surface area contributed by atoms with Crippen molar-refractivity contribution in [3.05, 3.63) is 46.0 Å². The number of carbonyl (C=O) groups excluding carboxylic acids is 2. The Kier molecular flexibility index (Phi) is 5.25. The van der Waals surface area contributed by atoms with E-state index in [-0.39, 0.29) is 24.3 Å². The van der Waals surface area contributed by atoms with E-state index in [1.807, 2.05) is 12.3 Å². The summed E-state index contributed by atoms with van der Waals surface area (Å²) in [5.74, 6) is 0.0891. The van der Waals surface area contributed by atoms with Crippen molar-refractivity contribution in [3.63, 3.8) is 0 Å². The maximum absolute atomic E-state index is 12.5. The summed E-state index contributed by atoms with van der Waals surface area (Å²) >= 11 is 1.44. The van der Waals surface area contributed by atoms with Crippen LogP contribution in [0.1, 0.15) is 61.0 Å². The molecule has 0 radical (unpaired) electrons. The number of amides is 2. The molecule has 1 atom stereocenters. The molecule has 27 heavy (non-hydrogen) atoms. The summed E-state index contributed by atoms with van der Waals surface area (Å²) in [5, 5.41) is 5.67. The predicted molar refractivity (Wildman–Crippen MR) is 107 cm³/mol. The average Bonchev–Trinajstić information content (AvgIpc) is 3.29. The van der Waals surface area contributed by atoms with E-state index in [4.69, 9.17) is 0 Å². The van der Waals surface area contributed by atoms with Crippen molar-refractivity contribution < 1.29 is 9.59 Å². The van der Waals surface area contributed by atoms with Crippen molar-refractivity contribution in [2.24, 2.45) is 0 Å². The highest BCUT2D eigenvalue weighted by Crippen LogP contribution is 2.26. The molecule has 1 unspecified atom stereocenters. The third-order valence-corrected chi connectivity index (χ3v) is 6.35. The lowest BCUT2D eigenvalue weighted by atomic mass is 9.89. The fraction of sp³-hybridized carbons (Fsp3) is 0.476. The highest BCUT2D eigenvalue weighted by molar-refractivity contribution is 7.14. The molecule has 1 saturated heterocycles. The zero-order valence-corrected chi connectivity index (χ0v) is 16.5. The van der Waals surface area contributed by atoms with Gasteiger partial charge in [-0.15, -0.1) is 11.3 Å². The van der Waals surface area contributed by atoms with Crippen LogP contribution in [0.25, 0.3) is 0 Å². The topological polar surface area (TPSA) is 62.3 Å². The van der Waals surface area contributed by atoms with E-state index in [1.54, 1.807) is 4.90 Å². The molecule has 1 aliphatic carbocycles. The second kappa shape index (κ2) is 7.80. The zero-order chi connectivity index (χ0) is 18.8. The van der Waals surface area contributed by atoms with Crippen molar-refractivity contribution >= 4 is 28.3 Å². The monoisotopic (exact) mass is 383 g/mol. The Labute approximate surface area is 163 Å². The minimum Gasteiger partial charge on any atom is -0.349 e. The maximum atomic E-state index is 12.5. The van der Waals surface area contributed by atoms with Crippen LogP contribution in [0.5, 0.6) is 0 Å². The minimum absolute atomic E-state index is 0.0250. The lowest BCUT2D eigenvalue weighted by Crippen LogP contribution is -2.28. The van der Waals surface area contributed by atoms with Gasteiger partial charge in [0.05, 0.1) is 18.2 Å². The highest BCUT2D eigenvalue weighted by atomic mass is 32.1. The van der Waals surface area contributed by atoms with Gasteiger partial charge in [-0.25, -0.2) is 4.98 Å². The van der Waals surface area contributed by atoms with Gasteiger partial charge in [0, 0.05) is 18.3 Å². The van der Waals surface area contributed by atoms with Crippen LogP contribution in [0.3, 0.4) is 0 Å². The first-order valence-electron chi connectivity index (χ1n) is 9.76. The number of rotatable bonds is 5. The number of fused-ring (bicyclic) bond motifs is 1. The summed E-state index contributed by atoms with van der Waals surface area (Å²) < 4.78 is 0. The van der Waals surface area contributed by atoms with Crippen LogP contribution < -0.4 is 10.2 Å². The third-order valence-electron chi connectivity index (χ3n) is 5.44. The highest BCUT2D eigenvalue weighted by Gasteiger charge is 2.24. The van der Waals surface area contributed by atoms with Crippen LogP contribution in [-0.4, -0.2) is 23.3 Å². The molecule has 0 saturated carbocycles. The number of aromatic nitrogens is 1. The number of nitrogens with zero attached hydrogens (tertiary/aromatic N) is 2. The number of thiazole rings is 1. The molecule has 142 valence electrons. The van der Waals surface area contributed by atoms with Gasteiger partial charge in [-0.05, 0) is 55.7 Å². The van der Waals surface area contributed by atoms with Crippen LogP contribution in [0.4, 0.5) is 5.13 Å². The van der Waals surface area contributed by atoms with Gasteiger partial charge in [0.1, 0.15) is 0 Å². The van der Waals surface area contributed by atoms with Gasteiger partial charge >= 0.3 is 0 Å². The van der Waals surface area contributed by atoms with Gasteiger partial charge in [-0.1, -0.05) is 18.2 Å². The van der Waals surface area contributed by atoms with Gasteiger partial charge in [0.2, 0.25) is 11.8 Å². The first kappa shape index (κ1) is 18.2. The van der Waals surface area contributed by atoms with E-state index < -0.39 is 0 Å². The SMILES string of the molecule is CC(NC(=O)Cc1csc(N2CCCC2=O)n1)c1ccc2c(c1)CCCC2. The number of carbonyl (C=O) groups is 2. The van der Waals surface area contributed by atoms with Crippen LogP contribution >= 0.6 is 11.3 Å². The normalized spacial score (nSPS) is 17.7. The molecule has 5 nitrogen and oxygen atoms in total. The Hall–Kier alpha value is -2.21. The van der Waals surface area contributed by atoms with Crippen molar-refractivity contribution in [1.29, 1.82) is 0 Å². The molecular formula is C21H25N3O2S. The van der Waals surface area contributed by atoms with Crippen molar-refractivity contribution in [2.75, 3.05) is 11.4 Å². The van der Waals surface area contributed by atoms with Crippen molar-refractivity contribution in [2.45, 2.75) is 57.9 Å². The summed E-state index contributed by atoms with van der Waals surface area (Å²) in [6.07, 6.45) is 6.55. The number of aryl methyl sites for hydroxylation is 2. The van der Waals surface area contributed by atoms with Crippen LogP contribution in [-0.2, 0) is 28.9 Å². The standard InChI is InChI=1S/C21H25N3O2S/c1-14(16-9-8-15-5-2-3-6-17(15)11-16)22-19(25)12-18-13-27-21(23-18)24-10-4-7-20(24)26/h8-9,11,13-14H,2-7,10,12H2,1H3,(H,22,25). The van der Waals surface area contributed by atoms with Crippen LogP contribution in [0, 0.1) is 0 Å². The molecule has 4 rings (SSSR count). The lowest BCUT2D eigenvalue weighted by molar-refractivity contribution is -0.121. The fourth-order valence-electron chi connectivity index (χ4n) is 3.91. The average molecular weight is 384 g/mol. The molecule has 0 bridgehead atoms. The number of nitrogens with one attached hydrogen (secondary N) is 1. The molecule has 2 aliphatic rings. The van der Waals surface area contributed by atoms with Gasteiger partial charge in [-0.2, -0.15) is 0 Å². The maximum Gasteiger partial charge on any atom is 0.228 e. The second-order valence-electron chi connectivity index (χ2n) is 7.47. The molecule has 2 heterocycles. The first-order chi connectivity index (χ1) is 13.1. The molecule has 1 aliphatic heterocycles. The molecule has 2 aromatic rings. The van der Waals surface area contributed by atoms with E-state index in [9.17, 15) is 9.59 Å². The quantitative estimate of drug-likeness (QED) is 0.859. The van der Waals surface area contributed by atoms with Gasteiger partial charge in [0.15, 0.2) is 5.13 Å². The first-order valence-corrected chi connectivity index (χ1v) is 10.6. The molecule has 1 aromatic heterocycles. The Morgan fingerprint density at radius 1 is 1.22 bits per heavy atom. The minimum atomic E-state index is -0.0372. The zero-order valence-electron chi connectivity index (χ0n) is 15.7. The number of anilines is 1. The number of benzene rings is 1. The van der Waals surface area contributed by atoms with Crippen LogP contribution in [0.2, 0.25) is 0 Å². The third kappa shape index (κ3) is 4.05. The number of hydrogen-bond donors (Lipinski definition) is 1. The summed E-state index contributed by atoms with van der Waals surface area (Å²) in [6.45, 7) is 2.76. The largest absolute Gasteiger partial charge is 0.349 e. The molecular weight excluding hydrogens is 358 g/mol. The van der Waals surface area contributed by atoms with Crippen molar-refractivity contribution in [1.82, 2.24) is 10.3 Å². The van der Waals surface area contributed by atoms with Gasteiger partial charge in [-0.3, -0.25) is 14.5 Å². The molecule has 1 aromatic carbocycles. The Morgan fingerprint density at radius 2 is 2.04 bits per heavy atom. The van der Waals surface area contributed by atoms with E-state index >= 15 is 0 Å². The van der Waals surface area contributed by atoms with E-state index in [0.29, 0.717) is 11.6 Å². The van der Waals surface area contributed by atoms with Crippen molar-refractivity contribution in [3.8, 4) is 0 Å². The molecule has 2 amide bonds. The summed E-state index contributed by atoms with van der Waals surface area (Å²) in [5.41, 5.74) is 4.77. The van der Waals surface area contributed by atoms with E-state index in [2.05, 4.69) is 28.5 Å². The van der Waals surface area contributed by atoms with E-state index in [0.717, 1.165) is 30.6 Å². The summed E-state index contributed by atoms with van der Waals surface area (Å²) in [6, 6.07) is 6.57. The molecule has 1 N–H and O–H groups in total. The second-order valence-corrected chi connectivity index (χ2v) is 8.31. The lowest BCUT2D eigenvalue weighted by Gasteiger charge is -2.20. The fourth-order valence-corrected chi connectivity index (χ4v) is 4.78. The Balaban J connectivity index is 1.36. The Morgan fingerprint density at radius 3 is 2.81 bits per heavy atom. The van der Waals surface area contributed by atoms with E-state index in [1.165, 1.54) is 41.7 Å². The van der Waals surface area contributed by atoms with Crippen LogP contribution in [0.15, 0.2) is 23.6 Å². The molecule has 0 spiro atoms. The molecule has 6 heteroatoms. The van der Waals surface area contributed by atoms with Gasteiger partial charge in [0.25, 0.3) is 0 Å². The predicted octanol–water partition coefficient (Wildman–Crippen LogP) is 3.57. The smallest absolute Gasteiger partial charge is 0.228 e. The molecule has 1 fully saturated rings. The van der Waals surface area contributed by atoms with Gasteiger partial charge < -0.3 is 5.32 Å². The summed E-state index contributed by atoms with van der Waals surface area (Å²) in [4.78, 5) is 30.5.